The molecule has 0 N–H and O–H groups in total. The summed E-state index contributed by atoms with van der Waals surface area (Å²) in [5.74, 6) is 1.39. The second-order valence-electron chi connectivity index (χ2n) is 30.2. The Labute approximate surface area is 661 Å². The van der Waals surface area contributed by atoms with E-state index in [4.69, 9.17) is 14.2 Å². The number of likely N-dealkylation sites (N-methyl/N-ethyl adjacent to an activating group) is 2. The number of rotatable bonds is 0. The Bertz CT molecular complexity index is 5650. The Morgan fingerprint density at radius 1 is 0.407 bits per heavy atom. The summed E-state index contributed by atoms with van der Waals surface area (Å²) in [4.78, 5) is 64.5. The summed E-state index contributed by atoms with van der Waals surface area (Å²) in [5.41, 5.74) is 25.9. The van der Waals surface area contributed by atoms with Crippen LogP contribution in [0.15, 0.2) is 160 Å². The van der Waals surface area contributed by atoms with Crippen LogP contribution in [0.3, 0.4) is 0 Å². The van der Waals surface area contributed by atoms with E-state index in [-0.39, 0.29) is 51.4 Å². The molecule has 0 unspecified atom stereocenters. The van der Waals surface area contributed by atoms with E-state index in [2.05, 4.69) is 55.5 Å². The van der Waals surface area contributed by atoms with Crippen molar-refractivity contribution in [3.8, 4) is 11.5 Å². The van der Waals surface area contributed by atoms with Gasteiger partial charge in [-0.15, -0.1) is 0 Å². The molecule has 8 heterocycles. The highest BCUT2D eigenvalue weighted by Gasteiger charge is 2.31. The summed E-state index contributed by atoms with van der Waals surface area (Å²) in [7, 11) is 10.6. The fraction of sp³-hybridized carbons (Fsp3) is 0.330. The third kappa shape index (κ3) is 19.4. The number of benzene rings is 9. The lowest BCUT2D eigenvalue weighted by Crippen LogP contribution is -2.42. The number of carbonyl (C=O) groups is 3. The Morgan fingerprint density at radius 2 is 0.920 bits per heavy atom. The molecule has 0 spiro atoms. The van der Waals surface area contributed by atoms with Crippen LogP contribution in [-0.2, 0) is 92.7 Å². The van der Waals surface area contributed by atoms with Gasteiger partial charge in [-0.1, -0.05) is 83.9 Å². The molecule has 0 fully saturated rings. The molecule has 113 heavy (non-hydrogen) atoms. The number of imidazole rings is 1. The molecule has 9 aromatic carbocycles. The highest BCUT2D eigenvalue weighted by atomic mass is 32.2. The van der Waals surface area contributed by atoms with Gasteiger partial charge in [-0.3, -0.25) is 28.4 Å². The number of anilines is 2. The number of hydrogen-bond acceptors (Lipinski definition) is 10. The fourth-order valence-electron chi connectivity index (χ4n) is 14.3. The van der Waals surface area contributed by atoms with Gasteiger partial charge in [0.15, 0.2) is 11.5 Å². The molecule has 22 heteroatoms. The van der Waals surface area contributed by atoms with Crippen molar-refractivity contribution >= 4 is 61.2 Å². The van der Waals surface area contributed by atoms with Crippen molar-refractivity contribution in [1.82, 2.24) is 27.8 Å². The van der Waals surface area contributed by atoms with Gasteiger partial charge in [0.1, 0.15) is 17.5 Å². The average molecular weight is 1560 g/mol. The highest BCUT2D eigenvalue weighted by molar-refractivity contribution is 7.89. The molecule has 0 atom stereocenters. The standard InChI is InChI=1S/C13H15NO.C11H13FN2O.C10H12FNO2S.C10H11F.C10H12N2O.2C10H11NO.C9H10O.C8H8O2/c1-8-5-6-11-9(2)10(3)13(15)14(4)12(11)7-8;1-7-4-8-6-13(2)11(15)14(3)10(8)5-9(7)12;1-7-5-10-8(6-9(7)11)3-4-12(2)15(10,13)14;1-7-5-8-3-2-4-9(8)6-10(7)11;1-7-4-5-8-9(6-7)12(3)10(13)11(8)2;1-7-3-4-9-8(5-7)6-11(2)10(9)12;1-7-3-4-8-6-10(12)11(2)9(8)5-7;1-7-2-3-8-5-10-6-9(8)4-7;1-6-2-3-7-8(4-6)10-5-9-7/h5-7H,1-4H3;4-5H,6H2,1-3H3;5-6H,3-4H2,1-2H3;5-6H,2-4H2,1H3;4-6H,1-3H3;2*3-5H,6H2,1-2H3;2-4H,5-6H2,1H3;2-4H,5H2,1H3. The van der Waals surface area contributed by atoms with Gasteiger partial charge in [0.25, 0.3) is 11.5 Å². The summed E-state index contributed by atoms with van der Waals surface area (Å²) >= 11 is 0. The zero-order chi connectivity index (χ0) is 82.4. The Kier molecular flexibility index (Phi) is 26.7. The van der Waals surface area contributed by atoms with E-state index >= 15 is 0 Å². The smallest absolute Gasteiger partial charge is 0.328 e. The predicted octanol–water partition coefficient (Wildman–Crippen LogP) is 16.6. The van der Waals surface area contributed by atoms with Crippen molar-refractivity contribution in [3.63, 3.8) is 0 Å². The van der Waals surface area contributed by atoms with Crippen LogP contribution in [0, 0.1) is 93.6 Å². The normalized spacial score (nSPS) is 14.7. The van der Waals surface area contributed by atoms with Crippen molar-refractivity contribution in [2.75, 3.05) is 58.4 Å². The number of hydrogen-bond donors (Lipinski definition) is 0. The van der Waals surface area contributed by atoms with Crippen LogP contribution in [0.4, 0.5) is 29.3 Å². The number of aromatic nitrogens is 3. The van der Waals surface area contributed by atoms with Crippen LogP contribution in [0.25, 0.3) is 21.9 Å². The molecule has 1 aliphatic carbocycles. The van der Waals surface area contributed by atoms with Crippen molar-refractivity contribution in [2.24, 2.45) is 21.1 Å². The second-order valence-corrected chi connectivity index (χ2v) is 32.2. The van der Waals surface area contributed by atoms with Crippen molar-refractivity contribution in [3.05, 3.63) is 295 Å². The number of ether oxygens (including phenoxy) is 3. The van der Waals surface area contributed by atoms with Crippen LogP contribution in [0.2, 0.25) is 0 Å². The lowest BCUT2D eigenvalue weighted by molar-refractivity contribution is -0.117. The van der Waals surface area contributed by atoms with Gasteiger partial charge < -0.3 is 33.5 Å². The van der Waals surface area contributed by atoms with Crippen molar-refractivity contribution < 1.29 is 50.2 Å². The predicted molar refractivity (Wildman–Crippen MR) is 443 cm³/mol. The fourth-order valence-corrected chi connectivity index (χ4v) is 15.8. The second kappa shape index (κ2) is 35.7. The zero-order valence-corrected chi connectivity index (χ0v) is 69.2. The van der Waals surface area contributed by atoms with Crippen LogP contribution < -0.4 is 30.5 Å². The lowest BCUT2D eigenvalue weighted by atomic mass is 10.0. The van der Waals surface area contributed by atoms with E-state index in [1.54, 1.807) is 82.6 Å². The summed E-state index contributed by atoms with van der Waals surface area (Å²) in [6, 6.07) is 46.3. The summed E-state index contributed by atoms with van der Waals surface area (Å²) in [5, 5.41) is 1.17. The molecule has 18 rings (SSSR count). The first-order chi connectivity index (χ1) is 53.4. The van der Waals surface area contributed by atoms with E-state index < -0.39 is 10.0 Å². The van der Waals surface area contributed by atoms with Crippen LogP contribution in [-0.4, -0.2) is 103 Å². The van der Waals surface area contributed by atoms with E-state index in [1.807, 2.05) is 143 Å². The van der Waals surface area contributed by atoms with Gasteiger partial charge in [-0.05, 0) is 264 Å². The number of fused-ring (bicyclic) bond motifs is 9. The van der Waals surface area contributed by atoms with Crippen molar-refractivity contribution in [1.29, 1.82) is 0 Å². The number of urea groups is 1. The van der Waals surface area contributed by atoms with E-state index in [0.717, 1.165) is 105 Å². The molecular formula is C91H103F3N8O10S. The summed E-state index contributed by atoms with van der Waals surface area (Å²) in [6.45, 7) is 25.0. The molecule has 4 amide bonds. The van der Waals surface area contributed by atoms with Gasteiger partial charge in [0.2, 0.25) is 22.7 Å². The maximum absolute atomic E-state index is 13.4. The van der Waals surface area contributed by atoms with Gasteiger partial charge >= 0.3 is 11.7 Å². The number of halogens is 3. The van der Waals surface area contributed by atoms with Crippen LogP contribution in [0.5, 0.6) is 11.5 Å². The van der Waals surface area contributed by atoms with Crippen molar-refractivity contribution in [2.45, 2.75) is 139 Å². The van der Waals surface area contributed by atoms with E-state index in [0.29, 0.717) is 55.1 Å². The quantitative estimate of drug-likeness (QED) is 0.142. The topological polar surface area (TPSA) is 178 Å². The first kappa shape index (κ1) is 84.4. The monoisotopic (exact) mass is 1560 g/mol. The minimum Gasteiger partial charge on any atom is -0.454 e. The molecule has 6 aliphatic heterocycles. The maximum atomic E-state index is 13.4. The van der Waals surface area contributed by atoms with Crippen LogP contribution >= 0.6 is 0 Å². The molecule has 594 valence electrons. The Morgan fingerprint density at radius 3 is 1.61 bits per heavy atom. The molecule has 18 nitrogen and oxygen atoms in total. The minimum absolute atomic E-state index is 0.0283. The molecule has 7 aliphatic rings. The number of amides is 4. The molecule has 0 bridgehead atoms. The maximum Gasteiger partial charge on any atom is 0.328 e. The van der Waals surface area contributed by atoms with Gasteiger partial charge in [-0.2, -0.15) is 0 Å². The third-order valence-electron chi connectivity index (χ3n) is 21.3. The Balaban J connectivity index is 0.000000135. The number of carbonyl (C=O) groups excluding carboxylic acids is 3. The largest absolute Gasteiger partial charge is 0.454 e. The number of aryl methyl sites for hydroxylation is 15. The molecule has 11 aromatic rings. The molecule has 0 saturated heterocycles. The summed E-state index contributed by atoms with van der Waals surface area (Å²) in [6.07, 6.45) is 4.52. The SMILES string of the molecule is Cc1cc2c(cc1F)CCC2.Cc1cc2c(cc1F)CCN(C)S2(=O)=O.Cc1cc2c(cc1F)N(C)C(=O)N(C)C2.Cc1ccc2c(C)c(C)c(=O)n(C)c2c1.Cc1ccc2c(c1)CN(C)C2=O.Cc1ccc2c(c1)COC2.Cc1ccc2c(c1)N(C)C(=O)C2.Cc1ccc2c(c1)OCO2.Cc1ccc2c(c1)n(C)c(=O)n2C. The van der Waals surface area contributed by atoms with Gasteiger partial charge in [0, 0.05) is 98.2 Å². The summed E-state index contributed by atoms with van der Waals surface area (Å²) < 4.78 is 85.2. The third-order valence-corrected chi connectivity index (χ3v) is 23.3. The van der Waals surface area contributed by atoms with Gasteiger partial charge in [-0.25, -0.2) is 35.5 Å². The molecule has 2 aromatic heterocycles. The van der Waals surface area contributed by atoms with E-state index in [9.17, 15) is 45.6 Å². The number of nitrogens with zero attached hydrogens (tertiary/aromatic N) is 8. The first-order valence-electron chi connectivity index (χ1n) is 37.7. The lowest BCUT2D eigenvalue weighted by Gasteiger charge is -2.32. The first-order valence-corrected chi connectivity index (χ1v) is 39.1. The zero-order valence-electron chi connectivity index (χ0n) is 68.3. The highest BCUT2D eigenvalue weighted by Crippen LogP contribution is 2.34. The number of sulfonamides is 1. The van der Waals surface area contributed by atoms with Gasteiger partial charge in [0.05, 0.1) is 46.8 Å². The average Bonchev–Trinajstić information content (AvgIpc) is 1.82. The van der Waals surface area contributed by atoms with E-state index in [1.165, 1.54) is 102 Å². The molecule has 0 saturated carbocycles. The Hall–Kier alpha value is -11.1. The number of pyridine rings is 1. The minimum atomic E-state index is -3.39. The van der Waals surface area contributed by atoms with Crippen LogP contribution in [0.1, 0.15) is 122 Å². The molecular weight excluding hydrogens is 1450 g/mol. The molecule has 0 radical (unpaired) electrons.